The van der Waals surface area contributed by atoms with E-state index in [-0.39, 0.29) is 24.0 Å². The molecule has 0 aliphatic rings. The van der Waals surface area contributed by atoms with Gasteiger partial charge in [0.25, 0.3) is 5.56 Å². The first-order valence-corrected chi connectivity index (χ1v) is 8.45. The molecule has 0 fully saturated rings. The molecule has 0 unspecified atom stereocenters. The Morgan fingerprint density at radius 2 is 2.04 bits per heavy atom. The molecule has 2 aromatic heterocycles. The second-order valence-corrected chi connectivity index (χ2v) is 6.48. The standard InChI is InChI=1S/C20H21N3O3/c1-13(2)20(25)22-15-5-4-6-17(10-15)26-12-16-11-19(24)23-8-7-14(3)9-18(23)21-16/h4-11,13H,12H2,1-3H3,(H,22,25). The second-order valence-electron chi connectivity index (χ2n) is 6.48. The van der Waals surface area contributed by atoms with Crippen LogP contribution in [-0.2, 0) is 11.4 Å². The van der Waals surface area contributed by atoms with E-state index in [0.29, 0.717) is 22.8 Å². The number of nitrogens with one attached hydrogen (secondary N) is 1. The minimum absolute atomic E-state index is 0.0539. The quantitative estimate of drug-likeness (QED) is 0.766. The Balaban J connectivity index is 1.76. The van der Waals surface area contributed by atoms with Gasteiger partial charge in [-0.3, -0.25) is 14.0 Å². The summed E-state index contributed by atoms with van der Waals surface area (Å²) in [6.07, 6.45) is 1.71. The molecule has 6 nitrogen and oxygen atoms in total. The van der Waals surface area contributed by atoms with Gasteiger partial charge in [0, 0.05) is 29.9 Å². The summed E-state index contributed by atoms with van der Waals surface area (Å²) in [6, 6.07) is 12.3. The molecule has 0 spiro atoms. The Morgan fingerprint density at radius 3 is 2.81 bits per heavy atom. The number of aromatic nitrogens is 2. The largest absolute Gasteiger partial charge is 0.487 e. The Hall–Kier alpha value is -3.15. The number of ether oxygens (including phenoxy) is 1. The number of rotatable bonds is 5. The lowest BCUT2D eigenvalue weighted by Gasteiger charge is -2.11. The van der Waals surface area contributed by atoms with Crippen molar-refractivity contribution in [3.05, 3.63) is 70.3 Å². The number of carbonyl (C=O) groups excluding carboxylic acids is 1. The molecule has 3 aromatic rings. The van der Waals surface area contributed by atoms with E-state index in [4.69, 9.17) is 4.74 Å². The monoisotopic (exact) mass is 351 g/mol. The highest BCUT2D eigenvalue weighted by Crippen LogP contribution is 2.19. The van der Waals surface area contributed by atoms with E-state index in [1.807, 2.05) is 32.9 Å². The van der Waals surface area contributed by atoms with E-state index >= 15 is 0 Å². The van der Waals surface area contributed by atoms with E-state index in [9.17, 15) is 9.59 Å². The van der Waals surface area contributed by atoms with Crippen LogP contribution >= 0.6 is 0 Å². The maximum absolute atomic E-state index is 12.2. The lowest BCUT2D eigenvalue weighted by Crippen LogP contribution is -2.17. The van der Waals surface area contributed by atoms with Crippen LogP contribution in [0.2, 0.25) is 0 Å². The molecule has 0 atom stereocenters. The third kappa shape index (κ3) is 4.08. The average Bonchev–Trinajstić information content (AvgIpc) is 2.60. The smallest absolute Gasteiger partial charge is 0.258 e. The first kappa shape index (κ1) is 17.7. The van der Waals surface area contributed by atoms with Crippen LogP contribution in [0.15, 0.2) is 53.5 Å². The maximum Gasteiger partial charge on any atom is 0.258 e. The van der Waals surface area contributed by atoms with Crippen molar-refractivity contribution in [2.45, 2.75) is 27.4 Å². The average molecular weight is 351 g/mol. The summed E-state index contributed by atoms with van der Waals surface area (Å²) in [4.78, 5) is 28.4. The van der Waals surface area contributed by atoms with E-state index < -0.39 is 0 Å². The number of benzene rings is 1. The zero-order valence-corrected chi connectivity index (χ0v) is 15.0. The minimum Gasteiger partial charge on any atom is -0.487 e. The number of hydrogen-bond acceptors (Lipinski definition) is 4. The van der Waals surface area contributed by atoms with Gasteiger partial charge >= 0.3 is 0 Å². The topological polar surface area (TPSA) is 72.7 Å². The Kier molecular flexibility index (Phi) is 5.02. The summed E-state index contributed by atoms with van der Waals surface area (Å²) >= 11 is 0. The molecule has 0 saturated carbocycles. The van der Waals surface area contributed by atoms with Crippen molar-refractivity contribution >= 4 is 17.2 Å². The van der Waals surface area contributed by atoms with E-state index in [1.165, 1.54) is 10.5 Å². The zero-order chi connectivity index (χ0) is 18.7. The van der Waals surface area contributed by atoms with Gasteiger partial charge in [-0.05, 0) is 36.8 Å². The van der Waals surface area contributed by atoms with Crippen LogP contribution in [0.3, 0.4) is 0 Å². The predicted molar refractivity (Wildman–Crippen MR) is 100 cm³/mol. The lowest BCUT2D eigenvalue weighted by atomic mass is 10.2. The van der Waals surface area contributed by atoms with Crippen molar-refractivity contribution < 1.29 is 9.53 Å². The number of pyridine rings is 1. The summed E-state index contributed by atoms with van der Waals surface area (Å²) in [5.74, 6) is 0.442. The highest BCUT2D eigenvalue weighted by molar-refractivity contribution is 5.92. The fraction of sp³-hybridized carbons (Fsp3) is 0.250. The molecule has 0 aliphatic carbocycles. The fourth-order valence-electron chi connectivity index (χ4n) is 2.44. The third-order valence-corrected chi connectivity index (χ3v) is 3.89. The van der Waals surface area contributed by atoms with Crippen molar-refractivity contribution in [3.8, 4) is 5.75 Å². The summed E-state index contributed by atoms with van der Waals surface area (Å²) < 4.78 is 7.25. The lowest BCUT2D eigenvalue weighted by molar-refractivity contribution is -0.118. The molecule has 1 aromatic carbocycles. The third-order valence-electron chi connectivity index (χ3n) is 3.89. The van der Waals surface area contributed by atoms with E-state index in [1.54, 1.807) is 30.5 Å². The first-order valence-electron chi connectivity index (χ1n) is 8.45. The van der Waals surface area contributed by atoms with Crippen LogP contribution in [-0.4, -0.2) is 15.3 Å². The van der Waals surface area contributed by atoms with Gasteiger partial charge in [0.15, 0.2) is 0 Å². The molecule has 1 N–H and O–H groups in total. The molecule has 3 rings (SSSR count). The number of nitrogens with zero attached hydrogens (tertiary/aromatic N) is 2. The van der Waals surface area contributed by atoms with Gasteiger partial charge < -0.3 is 10.1 Å². The van der Waals surface area contributed by atoms with Crippen LogP contribution in [0.5, 0.6) is 5.75 Å². The highest BCUT2D eigenvalue weighted by Gasteiger charge is 2.08. The van der Waals surface area contributed by atoms with Crippen LogP contribution in [0.4, 0.5) is 5.69 Å². The van der Waals surface area contributed by atoms with Crippen molar-refractivity contribution in [3.63, 3.8) is 0 Å². The van der Waals surface area contributed by atoms with Crippen molar-refractivity contribution in [1.29, 1.82) is 0 Å². The Labute approximate surface area is 151 Å². The zero-order valence-electron chi connectivity index (χ0n) is 15.0. The van der Waals surface area contributed by atoms with E-state index in [0.717, 1.165) is 5.56 Å². The molecule has 134 valence electrons. The molecule has 6 heteroatoms. The molecule has 1 amide bonds. The Morgan fingerprint density at radius 1 is 1.23 bits per heavy atom. The number of amides is 1. The second kappa shape index (κ2) is 7.39. The van der Waals surface area contributed by atoms with Crippen molar-refractivity contribution in [2.24, 2.45) is 5.92 Å². The highest BCUT2D eigenvalue weighted by atomic mass is 16.5. The van der Waals surface area contributed by atoms with Gasteiger partial charge in [0.05, 0.1) is 5.69 Å². The van der Waals surface area contributed by atoms with Gasteiger partial charge in [-0.15, -0.1) is 0 Å². The van der Waals surface area contributed by atoms with E-state index in [2.05, 4.69) is 10.3 Å². The minimum atomic E-state index is -0.147. The van der Waals surface area contributed by atoms with Gasteiger partial charge in [-0.2, -0.15) is 0 Å². The number of anilines is 1. The molecule has 2 heterocycles. The predicted octanol–water partition coefficient (Wildman–Crippen LogP) is 3.18. The molecular formula is C20H21N3O3. The molecule has 0 saturated heterocycles. The molecular weight excluding hydrogens is 330 g/mol. The summed E-state index contributed by atoms with van der Waals surface area (Å²) in [6.45, 7) is 5.79. The molecule has 0 bridgehead atoms. The number of fused-ring (bicyclic) bond motifs is 1. The summed E-state index contributed by atoms with van der Waals surface area (Å²) in [5, 5.41) is 2.83. The van der Waals surface area contributed by atoms with Crippen LogP contribution in [0.25, 0.3) is 5.65 Å². The SMILES string of the molecule is Cc1ccn2c(=O)cc(COc3cccc(NC(=O)C(C)C)c3)nc2c1. The first-order chi connectivity index (χ1) is 12.4. The normalized spacial score (nSPS) is 10.9. The number of carbonyl (C=O) groups is 1. The van der Waals surface area contributed by atoms with Crippen LogP contribution in [0.1, 0.15) is 25.1 Å². The van der Waals surface area contributed by atoms with Gasteiger partial charge in [-0.25, -0.2) is 4.98 Å². The molecule has 0 aliphatic heterocycles. The molecule has 0 radical (unpaired) electrons. The van der Waals surface area contributed by atoms with Crippen molar-refractivity contribution in [1.82, 2.24) is 9.38 Å². The van der Waals surface area contributed by atoms with Crippen molar-refractivity contribution in [2.75, 3.05) is 5.32 Å². The number of aryl methyl sites for hydroxylation is 1. The van der Waals surface area contributed by atoms with Gasteiger partial charge in [0.2, 0.25) is 5.91 Å². The van der Waals surface area contributed by atoms with Gasteiger partial charge in [-0.1, -0.05) is 19.9 Å². The Bertz CT molecular complexity index is 1010. The summed E-state index contributed by atoms with van der Waals surface area (Å²) in [5.41, 5.74) is 2.70. The van der Waals surface area contributed by atoms with Crippen LogP contribution in [0, 0.1) is 12.8 Å². The number of hydrogen-bond donors (Lipinski definition) is 1. The fourth-order valence-corrected chi connectivity index (χ4v) is 2.44. The molecule has 26 heavy (non-hydrogen) atoms. The van der Waals surface area contributed by atoms with Crippen LogP contribution < -0.4 is 15.6 Å². The maximum atomic E-state index is 12.2. The van der Waals surface area contributed by atoms with Gasteiger partial charge in [0.1, 0.15) is 18.0 Å². The summed E-state index contributed by atoms with van der Waals surface area (Å²) in [7, 11) is 0.